The second-order valence-electron chi connectivity index (χ2n) is 3.62. The van der Waals surface area contributed by atoms with E-state index in [1.807, 2.05) is 30.3 Å². The maximum Gasteiger partial charge on any atom is 0.433 e. The Morgan fingerprint density at radius 1 is 1.05 bits per heavy atom. The van der Waals surface area contributed by atoms with Crippen molar-refractivity contribution in [1.29, 1.82) is 0 Å². The SMILES string of the molecule is FC(F)(F)c1ccnc(N=NCc2ccccc2)n1. The summed E-state index contributed by atoms with van der Waals surface area (Å²) in [5.74, 6) is -0.300. The Hall–Kier alpha value is -2.31. The molecule has 0 N–H and O–H groups in total. The molecule has 98 valence electrons. The third kappa shape index (κ3) is 3.84. The minimum atomic E-state index is -4.51. The lowest BCUT2D eigenvalue weighted by Gasteiger charge is -2.04. The summed E-state index contributed by atoms with van der Waals surface area (Å²) in [6, 6.07) is 10.0. The van der Waals surface area contributed by atoms with E-state index in [1.165, 1.54) is 0 Å². The molecule has 1 heterocycles. The van der Waals surface area contributed by atoms with Crippen molar-refractivity contribution < 1.29 is 13.2 Å². The van der Waals surface area contributed by atoms with Gasteiger partial charge in [-0.25, -0.2) is 9.97 Å². The molecule has 19 heavy (non-hydrogen) atoms. The quantitative estimate of drug-likeness (QED) is 0.794. The van der Waals surface area contributed by atoms with Gasteiger partial charge in [0, 0.05) is 6.20 Å². The lowest BCUT2D eigenvalue weighted by Crippen LogP contribution is -2.07. The maximum atomic E-state index is 12.4. The lowest BCUT2D eigenvalue weighted by molar-refractivity contribution is -0.141. The molecule has 2 aromatic rings. The molecule has 0 unspecified atom stereocenters. The first-order valence-electron chi connectivity index (χ1n) is 5.37. The Labute approximate surface area is 107 Å². The van der Waals surface area contributed by atoms with Gasteiger partial charge in [-0.05, 0) is 11.6 Å². The minimum Gasteiger partial charge on any atom is -0.218 e. The number of benzene rings is 1. The van der Waals surface area contributed by atoms with E-state index in [9.17, 15) is 13.2 Å². The van der Waals surface area contributed by atoms with Crippen LogP contribution >= 0.6 is 0 Å². The predicted octanol–water partition coefficient (Wildman–Crippen LogP) is 3.78. The van der Waals surface area contributed by atoms with Crippen LogP contribution in [-0.2, 0) is 12.7 Å². The summed E-state index contributed by atoms with van der Waals surface area (Å²) in [5, 5.41) is 7.35. The fraction of sp³-hybridized carbons (Fsp3) is 0.167. The predicted molar refractivity (Wildman–Crippen MR) is 61.7 cm³/mol. The van der Waals surface area contributed by atoms with Gasteiger partial charge in [0.25, 0.3) is 5.95 Å². The molecule has 0 aliphatic rings. The molecular formula is C12H9F3N4. The maximum absolute atomic E-state index is 12.4. The number of halogens is 3. The fourth-order valence-corrected chi connectivity index (χ4v) is 1.32. The number of alkyl halides is 3. The zero-order valence-electron chi connectivity index (χ0n) is 9.67. The van der Waals surface area contributed by atoms with Crippen LogP contribution in [0.2, 0.25) is 0 Å². The number of hydrogen-bond donors (Lipinski definition) is 0. The normalized spacial score (nSPS) is 11.9. The van der Waals surface area contributed by atoms with E-state index in [4.69, 9.17) is 0 Å². The van der Waals surface area contributed by atoms with E-state index in [0.29, 0.717) is 0 Å². The Kier molecular flexibility index (Phi) is 3.84. The van der Waals surface area contributed by atoms with Crippen molar-refractivity contribution in [1.82, 2.24) is 9.97 Å². The first kappa shape index (κ1) is 13.1. The highest BCUT2D eigenvalue weighted by Gasteiger charge is 2.32. The average Bonchev–Trinajstić information content (AvgIpc) is 2.39. The topological polar surface area (TPSA) is 50.5 Å². The molecule has 7 heteroatoms. The molecule has 0 saturated carbocycles. The molecule has 0 saturated heterocycles. The van der Waals surface area contributed by atoms with Crippen molar-refractivity contribution in [3.63, 3.8) is 0 Å². The standard InChI is InChI=1S/C12H9F3N4/c13-12(14,15)10-6-7-16-11(18-10)19-17-8-9-4-2-1-3-5-9/h1-7H,8H2. The van der Waals surface area contributed by atoms with Gasteiger partial charge in [-0.15, -0.1) is 5.11 Å². The van der Waals surface area contributed by atoms with Crippen molar-refractivity contribution >= 4 is 5.95 Å². The molecule has 1 aromatic carbocycles. The van der Waals surface area contributed by atoms with Gasteiger partial charge in [-0.3, -0.25) is 0 Å². The Balaban J connectivity index is 2.07. The van der Waals surface area contributed by atoms with Gasteiger partial charge in [-0.1, -0.05) is 30.3 Å². The van der Waals surface area contributed by atoms with Crippen LogP contribution in [0, 0.1) is 0 Å². The van der Waals surface area contributed by atoms with Gasteiger partial charge >= 0.3 is 6.18 Å². The average molecular weight is 266 g/mol. The Bertz CT molecular complexity index is 567. The number of rotatable bonds is 3. The molecule has 0 radical (unpaired) electrons. The van der Waals surface area contributed by atoms with Crippen LogP contribution < -0.4 is 0 Å². The summed E-state index contributed by atoms with van der Waals surface area (Å²) in [6.45, 7) is 0.264. The monoisotopic (exact) mass is 266 g/mol. The van der Waals surface area contributed by atoms with Crippen LogP contribution in [0.5, 0.6) is 0 Å². The third-order valence-electron chi connectivity index (χ3n) is 2.19. The summed E-state index contributed by atoms with van der Waals surface area (Å²) >= 11 is 0. The second-order valence-corrected chi connectivity index (χ2v) is 3.62. The summed E-state index contributed by atoms with van der Waals surface area (Å²) in [7, 11) is 0. The molecule has 0 atom stereocenters. The molecule has 0 amide bonds. The molecular weight excluding hydrogens is 257 g/mol. The number of hydrogen-bond acceptors (Lipinski definition) is 4. The van der Waals surface area contributed by atoms with Gasteiger partial charge in [0.15, 0.2) is 0 Å². The van der Waals surface area contributed by atoms with Crippen LogP contribution in [0.3, 0.4) is 0 Å². The van der Waals surface area contributed by atoms with Crippen LogP contribution in [0.25, 0.3) is 0 Å². The van der Waals surface area contributed by atoms with Crippen molar-refractivity contribution in [2.24, 2.45) is 10.2 Å². The van der Waals surface area contributed by atoms with Crippen molar-refractivity contribution in [2.45, 2.75) is 12.7 Å². The first-order chi connectivity index (χ1) is 9.05. The fourth-order valence-electron chi connectivity index (χ4n) is 1.32. The summed E-state index contributed by atoms with van der Waals surface area (Å²) < 4.78 is 37.2. The Morgan fingerprint density at radius 3 is 2.47 bits per heavy atom. The van der Waals surface area contributed by atoms with E-state index in [2.05, 4.69) is 20.2 Å². The van der Waals surface area contributed by atoms with Gasteiger partial charge in [0.2, 0.25) is 0 Å². The zero-order chi connectivity index (χ0) is 13.7. The van der Waals surface area contributed by atoms with Crippen LogP contribution in [-0.4, -0.2) is 9.97 Å². The van der Waals surface area contributed by atoms with Gasteiger partial charge in [0.1, 0.15) is 5.69 Å². The molecule has 4 nitrogen and oxygen atoms in total. The molecule has 0 bridgehead atoms. The molecule has 0 aliphatic carbocycles. The van der Waals surface area contributed by atoms with E-state index in [0.717, 1.165) is 17.8 Å². The minimum absolute atomic E-state index is 0.264. The molecule has 0 aliphatic heterocycles. The highest BCUT2D eigenvalue weighted by atomic mass is 19.4. The van der Waals surface area contributed by atoms with E-state index < -0.39 is 11.9 Å². The number of azo groups is 1. The smallest absolute Gasteiger partial charge is 0.218 e. The first-order valence-corrected chi connectivity index (χ1v) is 5.37. The lowest BCUT2D eigenvalue weighted by atomic mass is 10.2. The largest absolute Gasteiger partial charge is 0.433 e. The third-order valence-corrected chi connectivity index (χ3v) is 2.19. The molecule has 2 rings (SSSR count). The van der Waals surface area contributed by atoms with Crippen LogP contribution in [0.15, 0.2) is 52.8 Å². The van der Waals surface area contributed by atoms with E-state index >= 15 is 0 Å². The zero-order valence-corrected chi connectivity index (χ0v) is 9.67. The highest BCUT2D eigenvalue weighted by Crippen LogP contribution is 2.27. The van der Waals surface area contributed by atoms with E-state index in [-0.39, 0.29) is 12.5 Å². The summed E-state index contributed by atoms with van der Waals surface area (Å²) in [6.07, 6.45) is -3.50. The summed E-state index contributed by atoms with van der Waals surface area (Å²) in [5.41, 5.74) is -0.130. The van der Waals surface area contributed by atoms with Crippen molar-refractivity contribution in [3.05, 3.63) is 53.9 Å². The molecule has 0 spiro atoms. The molecule has 1 aromatic heterocycles. The van der Waals surface area contributed by atoms with Gasteiger partial charge < -0.3 is 0 Å². The van der Waals surface area contributed by atoms with Crippen molar-refractivity contribution in [2.75, 3.05) is 0 Å². The van der Waals surface area contributed by atoms with Gasteiger partial charge in [0.05, 0.1) is 6.54 Å². The highest BCUT2D eigenvalue weighted by molar-refractivity contribution is 5.18. The number of aromatic nitrogens is 2. The van der Waals surface area contributed by atoms with Crippen LogP contribution in [0.4, 0.5) is 19.1 Å². The second kappa shape index (κ2) is 5.55. The van der Waals surface area contributed by atoms with Crippen LogP contribution in [0.1, 0.15) is 11.3 Å². The Morgan fingerprint density at radius 2 is 1.79 bits per heavy atom. The number of nitrogens with zero attached hydrogens (tertiary/aromatic N) is 4. The van der Waals surface area contributed by atoms with E-state index in [1.54, 1.807) is 0 Å². The van der Waals surface area contributed by atoms with Gasteiger partial charge in [-0.2, -0.15) is 18.3 Å². The summed E-state index contributed by atoms with van der Waals surface area (Å²) in [4.78, 5) is 6.89. The van der Waals surface area contributed by atoms with Crippen molar-refractivity contribution in [3.8, 4) is 0 Å². The molecule has 0 fully saturated rings.